The molecule has 0 saturated carbocycles. The van der Waals surface area contributed by atoms with Gasteiger partial charge in [-0.2, -0.15) is 0 Å². The average Bonchev–Trinajstić information content (AvgIpc) is 2.29. The van der Waals surface area contributed by atoms with E-state index in [1.165, 1.54) is 0 Å². The van der Waals surface area contributed by atoms with Crippen LogP contribution in [0, 0.1) is 13.8 Å². The van der Waals surface area contributed by atoms with Crippen molar-refractivity contribution in [1.29, 1.82) is 0 Å². The van der Waals surface area contributed by atoms with E-state index in [2.05, 4.69) is 9.97 Å². The van der Waals surface area contributed by atoms with Crippen molar-refractivity contribution in [2.75, 3.05) is 5.73 Å². The Morgan fingerprint density at radius 1 is 1.18 bits per heavy atom. The molecule has 0 fully saturated rings. The molecule has 88 valence electrons. The van der Waals surface area contributed by atoms with Crippen molar-refractivity contribution in [3.05, 3.63) is 47.5 Å². The zero-order valence-corrected chi connectivity index (χ0v) is 9.97. The van der Waals surface area contributed by atoms with Crippen LogP contribution in [0.25, 0.3) is 0 Å². The third-order valence-electron chi connectivity index (χ3n) is 2.41. The molecule has 0 bridgehead atoms. The maximum Gasteiger partial charge on any atom is 0.166 e. The van der Waals surface area contributed by atoms with Crippen LogP contribution in [0.4, 0.5) is 5.69 Å². The Kier molecular flexibility index (Phi) is 3.23. The molecule has 0 aliphatic carbocycles. The summed E-state index contributed by atoms with van der Waals surface area (Å²) in [4.78, 5) is 8.19. The molecule has 0 saturated heterocycles. The summed E-state index contributed by atoms with van der Waals surface area (Å²) >= 11 is 0. The number of hydrogen-bond donors (Lipinski definition) is 1. The standard InChI is InChI=1S/C13H15N3O/c1-9-6-10(2)13(11(14)7-9)17-8-12-15-4-3-5-16-12/h3-7H,8,14H2,1-2H3. The molecule has 2 N–H and O–H groups in total. The second-order valence-corrected chi connectivity index (χ2v) is 3.95. The quantitative estimate of drug-likeness (QED) is 0.820. The first-order chi connectivity index (χ1) is 8.16. The second kappa shape index (κ2) is 4.82. The fraction of sp³-hybridized carbons (Fsp3) is 0.231. The van der Waals surface area contributed by atoms with Crippen molar-refractivity contribution in [3.63, 3.8) is 0 Å². The Balaban J connectivity index is 2.15. The molecule has 2 rings (SSSR count). The summed E-state index contributed by atoms with van der Waals surface area (Å²) < 4.78 is 5.66. The van der Waals surface area contributed by atoms with Gasteiger partial charge in [0.2, 0.25) is 0 Å². The lowest BCUT2D eigenvalue weighted by Crippen LogP contribution is -2.04. The zero-order valence-electron chi connectivity index (χ0n) is 9.97. The van der Waals surface area contributed by atoms with Gasteiger partial charge in [-0.15, -0.1) is 0 Å². The number of nitrogens with two attached hydrogens (primary N) is 1. The van der Waals surface area contributed by atoms with Crippen LogP contribution >= 0.6 is 0 Å². The number of hydrogen-bond acceptors (Lipinski definition) is 4. The minimum atomic E-state index is 0.328. The van der Waals surface area contributed by atoms with Crippen molar-refractivity contribution >= 4 is 5.69 Å². The maximum atomic E-state index is 5.92. The highest BCUT2D eigenvalue weighted by atomic mass is 16.5. The lowest BCUT2D eigenvalue weighted by Gasteiger charge is -2.11. The Bertz CT molecular complexity index is 488. The first-order valence-electron chi connectivity index (χ1n) is 5.42. The van der Waals surface area contributed by atoms with E-state index in [0.717, 1.165) is 11.1 Å². The van der Waals surface area contributed by atoms with Crippen molar-refractivity contribution in [3.8, 4) is 5.75 Å². The number of nitrogen functional groups attached to an aromatic ring is 1. The molecule has 17 heavy (non-hydrogen) atoms. The Labute approximate surface area is 100 Å². The molecule has 0 atom stereocenters. The SMILES string of the molecule is Cc1cc(C)c(OCc2ncccn2)c(N)c1. The maximum absolute atomic E-state index is 5.92. The van der Waals surface area contributed by atoms with E-state index in [1.54, 1.807) is 18.5 Å². The van der Waals surface area contributed by atoms with Crippen molar-refractivity contribution in [1.82, 2.24) is 9.97 Å². The average molecular weight is 229 g/mol. The van der Waals surface area contributed by atoms with Gasteiger partial charge in [-0.25, -0.2) is 9.97 Å². The summed E-state index contributed by atoms with van der Waals surface area (Å²) in [6.45, 7) is 4.31. The van der Waals surface area contributed by atoms with Crippen LogP contribution in [0.5, 0.6) is 5.75 Å². The molecular weight excluding hydrogens is 214 g/mol. The van der Waals surface area contributed by atoms with Gasteiger partial charge in [0.25, 0.3) is 0 Å². The van der Waals surface area contributed by atoms with E-state index >= 15 is 0 Å². The van der Waals surface area contributed by atoms with Crippen LogP contribution < -0.4 is 10.5 Å². The van der Waals surface area contributed by atoms with Gasteiger partial charge in [-0.1, -0.05) is 6.07 Å². The van der Waals surface area contributed by atoms with Crippen LogP contribution in [-0.2, 0) is 6.61 Å². The number of benzene rings is 1. The van der Waals surface area contributed by atoms with Gasteiger partial charge >= 0.3 is 0 Å². The largest absolute Gasteiger partial charge is 0.483 e. The molecule has 1 aromatic carbocycles. The lowest BCUT2D eigenvalue weighted by molar-refractivity contribution is 0.295. The van der Waals surface area contributed by atoms with Crippen LogP contribution in [-0.4, -0.2) is 9.97 Å². The van der Waals surface area contributed by atoms with Gasteiger partial charge in [0.15, 0.2) is 5.82 Å². The minimum absolute atomic E-state index is 0.328. The van der Waals surface area contributed by atoms with Gasteiger partial charge in [0.1, 0.15) is 12.4 Å². The van der Waals surface area contributed by atoms with E-state index < -0.39 is 0 Å². The van der Waals surface area contributed by atoms with E-state index in [-0.39, 0.29) is 0 Å². The molecule has 1 aromatic heterocycles. The van der Waals surface area contributed by atoms with E-state index in [4.69, 9.17) is 10.5 Å². The number of ether oxygens (including phenoxy) is 1. The molecule has 1 heterocycles. The third-order valence-corrected chi connectivity index (χ3v) is 2.41. The summed E-state index contributed by atoms with van der Waals surface area (Å²) in [5.74, 6) is 1.36. The molecule has 2 aromatic rings. The number of nitrogens with zero attached hydrogens (tertiary/aromatic N) is 2. The smallest absolute Gasteiger partial charge is 0.166 e. The van der Waals surface area contributed by atoms with Crippen molar-refractivity contribution in [2.24, 2.45) is 0 Å². The predicted molar refractivity (Wildman–Crippen MR) is 66.7 cm³/mol. The fourth-order valence-corrected chi connectivity index (χ4v) is 1.73. The van der Waals surface area contributed by atoms with Crippen LogP contribution in [0.2, 0.25) is 0 Å². The van der Waals surface area contributed by atoms with Crippen LogP contribution in [0.3, 0.4) is 0 Å². The van der Waals surface area contributed by atoms with E-state index in [0.29, 0.717) is 23.9 Å². The monoisotopic (exact) mass is 229 g/mol. The normalized spacial score (nSPS) is 10.2. The first kappa shape index (κ1) is 11.4. The molecular formula is C13H15N3O. The lowest BCUT2D eigenvalue weighted by atomic mass is 10.1. The van der Waals surface area contributed by atoms with E-state index in [1.807, 2.05) is 26.0 Å². The fourth-order valence-electron chi connectivity index (χ4n) is 1.73. The van der Waals surface area contributed by atoms with E-state index in [9.17, 15) is 0 Å². The minimum Gasteiger partial charge on any atom is -0.483 e. The molecule has 4 heteroatoms. The third kappa shape index (κ3) is 2.72. The first-order valence-corrected chi connectivity index (χ1v) is 5.42. The summed E-state index contributed by atoms with van der Waals surface area (Å²) in [7, 11) is 0. The number of aryl methyl sites for hydroxylation is 2. The molecule has 4 nitrogen and oxygen atoms in total. The van der Waals surface area contributed by atoms with Gasteiger partial charge in [0, 0.05) is 12.4 Å². The molecule has 0 radical (unpaired) electrons. The summed E-state index contributed by atoms with van der Waals surface area (Å²) in [5, 5.41) is 0. The molecule has 0 amide bonds. The highest BCUT2D eigenvalue weighted by Crippen LogP contribution is 2.27. The second-order valence-electron chi connectivity index (χ2n) is 3.95. The highest BCUT2D eigenvalue weighted by molar-refractivity contribution is 5.58. The molecule has 0 spiro atoms. The van der Waals surface area contributed by atoms with Crippen molar-refractivity contribution < 1.29 is 4.74 Å². The van der Waals surface area contributed by atoms with Gasteiger partial charge in [-0.3, -0.25) is 0 Å². The molecule has 0 aliphatic heterocycles. The summed E-state index contributed by atoms with van der Waals surface area (Å²) in [5.41, 5.74) is 8.73. The topological polar surface area (TPSA) is 61.0 Å². The Hall–Kier alpha value is -2.10. The van der Waals surface area contributed by atoms with Gasteiger partial charge in [-0.05, 0) is 37.1 Å². The Morgan fingerprint density at radius 2 is 1.88 bits per heavy atom. The van der Waals surface area contributed by atoms with Crippen LogP contribution in [0.1, 0.15) is 17.0 Å². The number of anilines is 1. The molecule has 0 aliphatic rings. The summed E-state index contributed by atoms with van der Waals surface area (Å²) in [6.07, 6.45) is 3.38. The zero-order chi connectivity index (χ0) is 12.3. The molecule has 0 unspecified atom stereocenters. The Morgan fingerprint density at radius 3 is 2.53 bits per heavy atom. The van der Waals surface area contributed by atoms with Crippen LogP contribution in [0.15, 0.2) is 30.6 Å². The highest BCUT2D eigenvalue weighted by Gasteiger charge is 2.06. The number of rotatable bonds is 3. The van der Waals surface area contributed by atoms with Crippen molar-refractivity contribution in [2.45, 2.75) is 20.5 Å². The predicted octanol–water partition coefficient (Wildman–Crippen LogP) is 2.25. The summed E-state index contributed by atoms with van der Waals surface area (Å²) in [6, 6.07) is 5.71. The van der Waals surface area contributed by atoms with Gasteiger partial charge < -0.3 is 10.5 Å². The van der Waals surface area contributed by atoms with Gasteiger partial charge in [0.05, 0.1) is 5.69 Å². The number of aromatic nitrogens is 2.